The molecule has 5 rings (SSSR count). The summed E-state index contributed by atoms with van der Waals surface area (Å²) >= 11 is 0. The van der Waals surface area contributed by atoms with E-state index in [2.05, 4.69) is 15.0 Å². The van der Waals surface area contributed by atoms with Crippen molar-refractivity contribution in [3.8, 4) is 28.7 Å². The lowest BCUT2D eigenvalue weighted by Gasteiger charge is -2.18. The summed E-state index contributed by atoms with van der Waals surface area (Å²) in [6.45, 7) is 2.59. The van der Waals surface area contributed by atoms with Gasteiger partial charge in [0.25, 0.3) is 0 Å². The quantitative estimate of drug-likeness (QED) is 0.293. The summed E-state index contributed by atoms with van der Waals surface area (Å²) in [6, 6.07) is 10.5. The van der Waals surface area contributed by atoms with Gasteiger partial charge in [-0.25, -0.2) is 19.9 Å². The number of fused-ring (bicyclic) bond motifs is 1. The van der Waals surface area contributed by atoms with Gasteiger partial charge in [-0.2, -0.15) is 13.2 Å². The molecule has 12 heteroatoms. The Hall–Kier alpha value is -4.32. The van der Waals surface area contributed by atoms with E-state index in [9.17, 15) is 18.0 Å². The van der Waals surface area contributed by atoms with E-state index in [1.807, 2.05) is 13.0 Å². The number of alkyl halides is 3. The summed E-state index contributed by atoms with van der Waals surface area (Å²) in [6.07, 6.45) is 0.597. The number of carbonyl (C=O) groups is 1. The van der Waals surface area contributed by atoms with E-state index in [4.69, 9.17) is 14.5 Å². The van der Waals surface area contributed by atoms with Crippen LogP contribution in [-0.2, 0) is 35.7 Å². The van der Waals surface area contributed by atoms with Crippen LogP contribution in [0.15, 0.2) is 55.0 Å². The lowest BCUT2D eigenvalue weighted by Crippen LogP contribution is -2.26. The molecule has 0 spiro atoms. The Kier molecular flexibility index (Phi) is 7.53. The summed E-state index contributed by atoms with van der Waals surface area (Å²) in [4.78, 5) is 31.7. The smallest absolute Gasteiger partial charge is 0.434 e. The molecule has 40 heavy (non-hydrogen) atoms. The van der Waals surface area contributed by atoms with Crippen LogP contribution >= 0.6 is 0 Å². The highest BCUT2D eigenvalue weighted by Gasteiger charge is 2.34. The van der Waals surface area contributed by atoms with Crippen molar-refractivity contribution >= 4 is 11.7 Å². The third kappa shape index (κ3) is 5.67. The van der Waals surface area contributed by atoms with Gasteiger partial charge in [0.2, 0.25) is 11.8 Å². The fourth-order valence-corrected chi connectivity index (χ4v) is 4.35. The Balaban J connectivity index is 1.36. The molecule has 0 bridgehead atoms. The van der Waals surface area contributed by atoms with Crippen molar-refractivity contribution in [1.82, 2.24) is 24.5 Å². The third-order valence-corrected chi connectivity index (χ3v) is 6.64. The highest BCUT2D eigenvalue weighted by atomic mass is 19.4. The van der Waals surface area contributed by atoms with Crippen LogP contribution in [0, 0.1) is 0 Å². The topological polar surface area (TPSA) is 95.3 Å². The largest absolute Gasteiger partial charge is 0.477 e. The first-order valence-electron chi connectivity index (χ1n) is 12.6. The molecule has 3 aromatic heterocycles. The lowest BCUT2D eigenvalue weighted by atomic mass is 10.1. The van der Waals surface area contributed by atoms with Crippen molar-refractivity contribution in [2.24, 2.45) is 7.05 Å². The molecule has 0 saturated heterocycles. The summed E-state index contributed by atoms with van der Waals surface area (Å²) in [7, 11) is 3.16. The van der Waals surface area contributed by atoms with Crippen LogP contribution in [0.2, 0.25) is 0 Å². The predicted molar refractivity (Wildman–Crippen MR) is 140 cm³/mol. The van der Waals surface area contributed by atoms with Gasteiger partial charge >= 0.3 is 6.18 Å². The molecule has 1 amide bonds. The zero-order valence-corrected chi connectivity index (χ0v) is 22.1. The number of methoxy groups -OCH3 is 1. The van der Waals surface area contributed by atoms with E-state index in [0.29, 0.717) is 47.2 Å². The molecule has 9 nitrogen and oxygen atoms in total. The first kappa shape index (κ1) is 27.3. The Morgan fingerprint density at radius 1 is 1.10 bits per heavy atom. The molecule has 0 aliphatic carbocycles. The summed E-state index contributed by atoms with van der Waals surface area (Å²) in [5.41, 5.74) is 1.68. The SMILES string of the molecule is COC(C)CCOc1ncccc1-c1ncc2c(n1)N(Cc1ccc(-c3nc(C(F)(F)F)cn3C)cc1)C(=O)C2. The first-order valence-corrected chi connectivity index (χ1v) is 12.6. The maximum atomic E-state index is 13.1. The number of hydrogen-bond acceptors (Lipinski definition) is 7. The highest BCUT2D eigenvalue weighted by Crippen LogP contribution is 2.33. The van der Waals surface area contributed by atoms with Crippen LogP contribution in [-0.4, -0.2) is 50.2 Å². The van der Waals surface area contributed by atoms with E-state index in [1.165, 1.54) is 11.6 Å². The Bertz CT molecular complexity index is 1520. The van der Waals surface area contributed by atoms with Crippen LogP contribution in [0.5, 0.6) is 5.88 Å². The second-order valence-corrected chi connectivity index (χ2v) is 9.49. The molecular formula is C28H27F3N6O3. The first-order chi connectivity index (χ1) is 19.1. The normalized spacial score (nSPS) is 13.9. The van der Waals surface area contributed by atoms with Gasteiger partial charge in [-0.05, 0) is 24.6 Å². The van der Waals surface area contributed by atoms with E-state index in [-0.39, 0.29) is 30.8 Å². The second-order valence-electron chi connectivity index (χ2n) is 9.49. The van der Waals surface area contributed by atoms with E-state index in [1.54, 1.807) is 54.7 Å². The van der Waals surface area contributed by atoms with Crippen molar-refractivity contribution in [1.29, 1.82) is 0 Å². The number of ether oxygens (including phenoxy) is 2. The maximum absolute atomic E-state index is 13.1. The van der Waals surface area contributed by atoms with Crippen LogP contribution < -0.4 is 9.64 Å². The fourth-order valence-electron chi connectivity index (χ4n) is 4.35. The Morgan fingerprint density at radius 2 is 1.88 bits per heavy atom. The second kappa shape index (κ2) is 11.0. The van der Waals surface area contributed by atoms with Crippen LogP contribution in [0.4, 0.5) is 19.0 Å². The molecule has 1 unspecified atom stereocenters. The lowest BCUT2D eigenvalue weighted by molar-refractivity contribution is -0.140. The number of rotatable bonds is 9. The van der Waals surface area contributed by atoms with Gasteiger partial charge in [0.15, 0.2) is 11.5 Å². The molecule has 208 valence electrons. The number of amides is 1. The van der Waals surface area contributed by atoms with Crippen molar-refractivity contribution in [2.75, 3.05) is 18.6 Å². The minimum Gasteiger partial charge on any atom is -0.477 e. The number of carbonyl (C=O) groups excluding carboxylic acids is 1. The standard InChI is InChI=1S/C28H27F3N6O3/c1-17(39-3)10-12-40-27-21(5-4-11-32-27)24-33-14-20-13-23(38)37(26(20)35-24)15-18-6-8-19(9-7-18)25-34-22(16-36(25)2)28(29,30)31/h4-9,11,14,16-17H,10,12-13,15H2,1-3H3. The molecule has 4 aromatic rings. The van der Waals surface area contributed by atoms with Crippen LogP contribution in [0.1, 0.15) is 30.2 Å². The van der Waals surface area contributed by atoms with Crippen LogP contribution in [0.3, 0.4) is 0 Å². The van der Waals surface area contributed by atoms with Gasteiger partial charge in [-0.3, -0.25) is 9.69 Å². The van der Waals surface area contributed by atoms with Gasteiger partial charge in [-0.15, -0.1) is 0 Å². The van der Waals surface area contributed by atoms with Crippen molar-refractivity contribution in [3.05, 3.63) is 71.8 Å². The fraction of sp³-hybridized carbons (Fsp3) is 0.321. The zero-order chi connectivity index (χ0) is 28.4. The molecular weight excluding hydrogens is 525 g/mol. The van der Waals surface area contributed by atoms with E-state index < -0.39 is 11.9 Å². The molecule has 1 atom stereocenters. The molecule has 4 heterocycles. The highest BCUT2D eigenvalue weighted by molar-refractivity contribution is 6.00. The number of benzene rings is 1. The van der Waals surface area contributed by atoms with Crippen molar-refractivity contribution in [2.45, 2.75) is 38.6 Å². The van der Waals surface area contributed by atoms with E-state index >= 15 is 0 Å². The number of nitrogens with zero attached hydrogens (tertiary/aromatic N) is 6. The molecule has 0 fully saturated rings. The number of anilines is 1. The van der Waals surface area contributed by atoms with Gasteiger partial charge in [0.1, 0.15) is 11.6 Å². The predicted octanol–water partition coefficient (Wildman–Crippen LogP) is 4.85. The molecule has 1 aliphatic rings. The minimum atomic E-state index is -4.52. The van der Waals surface area contributed by atoms with Crippen molar-refractivity contribution < 1.29 is 27.4 Å². The Labute approximate surface area is 228 Å². The van der Waals surface area contributed by atoms with Gasteiger partial charge in [0, 0.05) is 50.3 Å². The van der Waals surface area contributed by atoms with Gasteiger partial charge in [0.05, 0.1) is 31.2 Å². The summed E-state index contributed by atoms with van der Waals surface area (Å²) < 4.78 is 51.7. The monoisotopic (exact) mass is 552 g/mol. The van der Waals surface area contributed by atoms with E-state index in [0.717, 1.165) is 11.8 Å². The number of aromatic nitrogens is 5. The molecule has 0 N–H and O–H groups in total. The molecule has 0 saturated carbocycles. The van der Waals surface area contributed by atoms with Gasteiger partial charge in [-0.1, -0.05) is 24.3 Å². The Morgan fingerprint density at radius 3 is 2.58 bits per heavy atom. The average Bonchev–Trinajstić information content (AvgIpc) is 3.48. The number of imidazole rings is 1. The van der Waals surface area contributed by atoms with Crippen LogP contribution in [0.25, 0.3) is 22.8 Å². The molecule has 1 aromatic carbocycles. The summed E-state index contributed by atoms with van der Waals surface area (Å²) in [5.74, 6) is 1.35. The number of halogens is 3. The average molecular weight is 553 g/mol. The zero-order valence-electron chi connectivity index (χ0n) is 22.1. The number of pyridine rings is 1. The number of hydrogen-bond donors (Lipinski definition) is 0. The summed E-state index contributed by atoms with van der Waals surface area (Å²) in [5, 5.41) is 0. The minimum absolute atomic E-state index is 0.0399. The van der Waals surface area contributed by atoms with Gasteiger partial charge < -0.3 is 14.0 Å². The maximum Gasteiger partial charge on any atom is 0.434 e. The van der Waals surface area contributed by atoms with Crippen molar-refractivity contribution in [3.63, 3.8) is 0 Å². The molecule has 1 aliphatic heterocycles. The third-order valence-electron chi connectivity index (χ3n) is 6.64. The molecule has 0 radical (unpaired) electrons. The number of aryl methyl sites for hydroxylation is 1.